The van der Waals surface area contributed by atoms with Crippen LogP contribution in [0.1, 0.15) is 43.3 Å². The molecule has 2 heterocycles. The van der Waals surface area contributed by atoms with Crippen molar-refractivity contribution in [1.29, 1.82) is 0 Å². The SMILES string of the molecule is CO[C@H]1CN(C[C@H]2Cc3ccc(Br)cc3C2)CC[C@H]1n1c(C(C)(C)O)nc2cc(F)ccc21. The first kappa shape index (κ1) is 23.0. The van der Waals surface area contributed by atoms with Gasteiger partial charge in [0.15, 0.2) is 0 Å². The zero-order valence-electron chi connectivity index (χ0n) is 19.4. The van der Waals surface area contributed by atoms with Crippen LogP contribution in [0, 0.1) is 11.7 Å². The summed E-state index contributed by atoms with van der Waals surface area (Å²) in [5.74, 6) is 0.852. The Morgan fingerprint density at radius 3 is 2.73 bits per heavy atom. The number of piperidine rings is 1. The highest BCUT2D eigenvalue weighted by Crippen LogP contribution is 2.36. The topological polar surface area (TPSA) is 50.5 Å². The lowest BCUT2D eigenvalue weighted by atomic mass is 9.97. The molecular formula is C26H31BrFN3O2. The minimum Gasteiger partial charge on any atom is -0.383 e. The number of nitrogens with zero attached hydrogens (tertiary/aromatic N) is 3. The van der Waals surface area contributed by atoms with Gasteiger partial charge in [0.1, 0.15) is 17.2 Å². The largest absolute Gasteiger partial charge is 0.383 e. The van der Waals surface area contributed by atoms with E-state index < -0.39 is 5.60 Å². The molecule has 0 bridgehead atoms. The van der Waals surface area contributed by atoms with Gasteiger partial charge in [-0.25, -0.2) is 9.37 Å². The van der Waals surface area contributed by atoms with Crippen molar-refractivity contribution >= 4 is 27.0 Å². The van der Waals surface area contributed by atoms with E-state index >= 15 is 0 Å². The maximum atomic E-state index is 13.9. The number of imidazole rings is 1. The van der Waals surface area contributed by atoms with Crippen LogP contribution >= 0.6 is 15.9 Å². The number of fused-ring (bicyclic) bond motifs is 2. The van der Waals surface area contributed by atoms with Crippen molar-refractivity contribution in [3.8, 4) is 0 Å². The normalized spacial score (nSPS) is 23.9. The van der Waals surface area contributed by atoms with E-state index in [0.717, 1.165) is 48.9 Å². The molecule has 1 aliphatic carbocycles. The van der Waals surface area contributed by atoms with Crippen LogP contribution in [0.2, 0.25) is 0 Å². The van der Waals surface area contributed by atoms with Gasteiger partial charge in [0.2, 0.25) is 0 Å². The summed E-state index contributed by atoms with van der Waals surface area (Å²) in [6.07, 6.45) is 3.09. The number of hydrogen-bond acceptors (Lipinski definition) is 4. The van der Waals surface area contributed by atoms with Crippen molar-refractivity contribution in [1.82, 2.24) is 14.5 Å². The van der Waals surface area contributed by atoms with E-state index in [1.54, 1.807) is 27.0 Å². The Bertz CT molecular complexity index is 1170. The summed E-state index contributed by atoms with van der Waals surface area (Å²) in [6, 6.07) is 11.3. The van der Waals surface area contributed by atoms with Crippen LogP contribution in [0.3, 0.4) is 0 Å². The third kappa shape index (κ3) is 4.48. The van der Waals surface area contributed by atoms with Gasteiger partial charge in [-0.3, -0.25) is 0 Å². The number of hydrogen-bond donors (Lipinski definition) is 1. The van der Waals surface area contributed by atoms with Crippen molar-refractivity contribution in [3.63, 3.8) is 0 Å². The van der Waals surface area contributed by atoms with E-state index in [1.807, 2.05) is 0 Å². The molecule has 1 saturated heterocycles. The molecule has 33 heavy (non-hydrogen) atoms. The molecule has 0 saturated carbocycles. The zero-order chi connectivity index (χ0) is 23.3. The minimum atomic E-state index is -1.14. The molecule has 1 aliphatic heterocycles. The van der Waals surface area contributed by atoms with Gasteiger partial charge in [-0.15, -0.1) is 0 Å². The van der Waals surface area contributed by atoms with Gasteiger partial charge >= 0.3 is 0 Å². The number of ether oxygens (including phenoxy) is 1. The fourth-order valence-electron chi connectivity index (χ4n) is 5.67. The summed E-state index contributed by atoms with van der Waals surface area (Å²) in [5.41, 5.74) is 3.19. The predicted molar refractivity (Wildman–Crippen MR) is 131 cm³/mol. The zero-order valence-corrected chi connectivity index (χ0v) is 21.0. The molecule has 5 nitrogen and oxygen atoms in total. The smallest absolute Gasteiger partial charge is 0.141 e. The van der Waals surface area contributed by atoms with Crippen molar-refractivity contribution in [2.24, 2.45) is 5.92 Å². The summed E-state index contributed by atoms with van der Waals surface area (Å²) in [7, 11) is 1.76. The van der Waals surface area contributed by atoms with E-state index in [0.29, 0.717) is 17.3 Å². The standard InChI is InChI=1S/C26H31BrFN3O2/c1-26(2,32)25-29-21-13-20(28)6-7-22(21)31(25)23-8-9-30(15-24(23)33-3)14-16-10-17-4-5-19(27)12-18(17)11-16/h4-7,12-13,16,23-24,32H,8-11,14-15H2,1-3H3/t16-,23+,24-/m0/s1. The van der Waals surface area contributed by atoms with Crippen LogP contribution in [0.15, 0.2) is 40.9 Å². The van der Waals surface area contributed by atoms with E-state index in [9.17, 15) is 9.50 Å². The molecule has 0 radical (unpaired) electrons. The minimum absolute atomic E-state index is 0.0277. The van der Waals surface area contributed by atoms with E-state index in [2.05, 4.69) is 48.6 Å². The van der Waals surface area contributed by atoms with Crippen molar-refractivity contribution < 1.29 is 14.2 Å². The molecule has 0 unspecified atom stereocenters. The Labute approximate surface area is 202 Å². The Balaban J connectivity index is 1.36. The van der Waals surface area contributed by atoms with Crippen LogP contribution in [0.4, 0.5) is 4.39 Å². The molecule has 1 fully saturated rings. The highest BCUT2D eigenvalue weighted by Gasteiger charge is 2.37. The maximum absolute atomic E-state index is 13.9. The number of aliphatic hydroxyl groups is 1. The summed E-state index contributed by atoms with van der Waals surface area (Å²) < 4.78 is 23.1. The second kappa shape index (κ2) is 8.77. The number of methoxy groups -OCH3 is 1. The molecule has 1 N–H and O–H groups in total. The molecule has 1 aromatic heterocycles. The molecule has 2 aliphatic rings. The lowest BCUT2D eigenvalue weighted by molar-refractivity contribution is -0.0152. The van der Waals surface area contributed by atoms with Crippen molar-refractivity contribution in [3.05, 3.63) is 63.6 Å². The van der Waals surface area contributed by atoms with Gasteiger partial charge in [0.05, 0.1) is 23.2 Å². The van der Waals surface area contributed by atoms with E-state index in [4.69, 9.17) is 4.74 Å². The van der Waals surface area contributed by atoms with Crippen LogP contribution in [0.5, 0.6) is 0 Å². The molecule has 3 aromatic rings. The average Bonchev–Trinajstić information content (AvgIpc) is 3.33. The Hall–Kier alpha value is -1.80. The highest BCUT2D eigenvalue weighted by molar-refractivity contribution is 9.10. The van der Waals surface area contributed by atoms with E-state index in [-0.39, 0.29) is 18.0 Å². The number of aromatic nitrogens is 2. The van der Waals surface area contributed by atoms with Crippen LogP contribution in [0.25, 0.3) is 11.0 Å². The van der Waals surface area contributed by atoms with Gasteiger partial charge in [-0.05, 0) is 74.4 Å². The van der Waals surface area contributed by atoms with Gasteiger partial charge in [-0.1, -0.05) is 22.0 Å². The van der Waals surface area contributed by atoms with Crippen molar-refractivity contribution in [2.75, 3.05) is 26.7 Å². The second-order valence-corrected chi connectivity index (χ2v) is 11.0. The molecule has 5 rings (SSSR count). The quantitative estimate of drug-likeness (QED) is 0.528. The highest BCUT2D eigenvalue weighted by atomic mass is 79.9. The van der Waals surface area contributed by atoms with Crippen molar-refractivity contribution in [2.45, 2.75) is 50.9 Å². The van der Waals surface area contributed by atoms with Gasteiger partial charge < -0.3 is 19.3 Å². The fraction of sp³-hybridized carbons (Fsp3) is 0.500. The first-order valence-corrected chi connectivity index (χ1v) is 12.4. The number of likely N-dealkylation sites (tertiary alicyclic amines) is 1. The van der Waals surface area contributed by atoms with Gasteiger partial charge in [0, 0.05) is 37.3 Å². The summed E-state index contributed by atoms with van der Waals surface area (Å²) in [4.78, 5) is 7.13. The fourth-order valence-corrected chi connectivity index (χ4v) is 6.08. The van der Waals surface area contributed by atoms with Crippen LogP contribution in [-0.4, -0.2) is 52.4 Å². The molecule has 176 valence electrons. The number of halogens is 2. The maximum Gasteiger partial charge on any atom is 0.141 e. The molecule has 2 aromatic carbocycles. The third-order valence-corrected chi connectivity index (χ3v) is 7.64. The van der Waals surface area contributed by atoms with Crippen LogP contribution < -0.4 is 0 Å². The monoisotopic (exact) mass is 515 g/mol. The lowest BCUT2D eigenvalue weighted by Gasteiger charge is -2.40. The van der Waals surface area contributed by atoms with Gasteiger partial charge in [-0.2, -0.15) is 0 Å². The Morgan fingerprint density at radius 2 is 1.97 bits per heavy atom. The van der Waals surface area contributed by atoms with Crippen LogP contribution in [-0.2, 0) is 23.2 Å². The molecule has 0 amide bonds. The predicted octanol–water partition coefficient (Wildman–Crippen LogP) is 4.84. The summed E-state index contributed by atoms with van der Waals surface area (Å²) >= 11 is 3.59. The third-order valence-electron chi connectivity index (χ3n) is 7.14. The number of rotatable bonds is 5. The summed E-state index contributed by atoms with van der Waals surface area (Å²) in [5, 5.41) is 10.8. The molecular weight excluding hydrogens is 485 g/mol. The first-order chi connectivity index (χ1) is 15.7. The Morgan fingerprint density at radius 1 is 1.18 bits per heavy atom. The first-order valence-electron chi connectivity index (χ1n) is 11.7. The van der Waals surface area contributed by atoms with Gasteiger partial charge in [0.25, 0.3) is 0 Å². The lowest BCUT2D eigenvalue weighted by Crippen LogP contribution is -2.47. The molecule has 7 heteroatoms. The average molecular weight is 516 g/mol. The number of benzene rings is 2. The Kier molecular flexibility index (Phi) is 6.10. The summed E-state index contributed by atoms with van der Waals surface area (Å²) in [6.45, 7) is 6.28. The molecule has 0 spiro atoms. The second-order valence-electron chi connectivity index (χ2n) is 10.1. The van der Waals surface area contributed by atoms with E-state index in [1.165, 1.54) is 23.3 Å². The molecule has 3 atom stereocenters.